The number of benzene rings is 1. The van der Waals surface area contributed by atoms with E-state index < -0.39 is 23.3 Å². The largest absolute Gasteiger partial charge is 0.380 e. The van der Waals surface area contributed by atoms with E-state index in [0.717, 1.165) is 25.0 Å². The zero-order chi connectivity index (χ0) is 15.0. The van der Waals surface area contributed by atoms with Crippen molar-refractivity contribution in [1.29, 1.82) is 0 Å². The Morgan fingerprint density at radius 1 is 1.38 bits per heavy atom. The molecule has 0 aromatic heterocycles. The summed E-state index contributed by atoms with van der Waals surface area (Å²) in [6.45, 7) is 3.33. The first kappa shape index (κ1) is 14.4. The number of halogens is 2. The highest BCUT2D eigenvalue weighted by Gasteiger charge is 2.59. The predicted octanol–water partition coefficient (Wildman–Crippen LogP) is 1.96. The lowest BCUT2D eigenvalue weighted by atomic mass is 10.1. The Morgan fingerprint density at radius 2 is 2.14 bits per heavy atom. The molecule has 1 atom stereocenters. The van der Waals surface area contributed by atoms with E-state index in [1.165, 1.54) is 6.07 Å². The van der Waals surface area contributed by atoms with E-state index in [1.54, 1.807) is 4.90 Å². The van der Waals surface area contributed by atoms with Crippen LogP contribution < -0.4 is 5.32 Å². The van der Waals surface area contributed by atoms with Gasteiger partial charge >= 0.3 is 0 Å². The summed E-state index contributed by atoms with van der Waals surface area (Å²) in [5, 5.41) is 3.26. The Bertz CT molecular complexity index is 561. The van der Waals surface area contributed by atoms with Gasteiger partial charge in [0.15, 0.2) is 11.6 Å². The minimum Gasteiger partial charge on any atom is -0.380 e. The van der Waals surface area contributed by atoms with Gasteiger partial charge in [-0.2, -0.15) is 0 Å². The number of rotatable bonds is 5. The number of hydrogen-bond acceptors (Lipinski definition) is 3. The zero-order valence-corrected chi connectivity index (χ0v) is 11.9. The molecular weight excluding hydrogens is 278 g/mol. The van der Waals surface area contributed by atoms with E-state index in [1.807, 2.05) is 6.92 Å². The fraction of sp³-hybridized carbons (Fsp3) is 0.533. The molecule has 1 aliphatic carbocycles. The number of nitrogens with zero attached hydrogens (tertiary/aromatic N) is 1. The molecule has 1 unspecified atom stereocenters. The quantitative estimate of drug-likeness (QED) is 0.845. The number of hydrogen-bond donors (Lipinski definition) is 1. The SMILES string of the molecule is CCOCCN1C(=O)C2(CC2)NC1c1ccc(F)c(F)c1. The molecule has 6 heteroatoms. The number of nitrogens with one attached hydrogen (secondary N) is 1. The average Bonchev–Trinajstić information content (AvgIpc) is 3.20. The van der Waals surface area contributed by atoms with Gasteiger partial charge in [0.05, 0.1) is 6.61 Å². The lowest BCUT2D eigenvalue weighted by molar-refractivity contribution is -0.131. The minimum absolute atomic E-state index is 0.0249. The van der Waals surface area contributed by atoms with Crippen molar-refractivity contribution in [2.45, 2.75) is 31.5 Å². The Morgan fingerprint density at radius 3 is 2.76 bits per heavy atom. The topological polar surface area (TPSA) is 41.6 Å². The molecule has 1 saturated heterocycles. The van der Waals surface area contributed by atoms with E-state index in [2.05, 4.69) is 5.32 Å². The van der Waals surface area contributed by atoms with Crippen LogP contribution in [0.3, 0.4) is 0 Å². The molecule has 1 aromatic rings. The van der Waals surface area contributed by atoms with Crippen molar-refractivity contribution >= 4 is 5.91 Å². The van der Waals surface area contributed by atoms with Crippen molar-refractivity contribution in [3.63, 3.8) is 0 Å². The Labute approximate surface area is 122 Å². The van der Waals surface area contributed by atoms with E-state index >= 15 is 0 Å². The van der Waals surface area contributed by atoms with Crippen LogP contribution in [-0.2, 0) is 9.53 Å². The minimum atomic E-state index is -0.900. The summed E-state index contributed by atoms with van der Waals surface area (Å²) in [5.41, 5.74) is 0.0596. The van der Waals surface area contributed by atoms with Crippen molar-refractivity contribution in [3.8, 4) is 0 Å². The fourth-order valence-electron chi connectivity index (χ4n) is 2.76. The van der Waals surface area contributed by atoms with E-state index in [0.29, 0.717) is 25.3 Å². The molecule has 3 rings (SSSR count). The van der Waals surface area contributed by atoms with Crippen molar-refractivity contribution in [2.24, 2.45) is 0 Å². The highest BCUT2D eigenvalue weighted by Crippen LogP contribution is 2.45. The molecule has 1 saturated carbocycles. The van der Waals surface area contributed by atoms with E-state index in [-0.39, 0.29) is 5.91 Å². The molecule has 1 aliphatic heterocycles. The maximum atomic E-state index is 13.4. The van der Waals surface area contributed by atoms with E-state index in [9.17, 15) is 13.6 Å². The molecule has 1 heterocycles. The third-order valence-electron chi connectivity index (χ3n) is 4.08. The second kappa shape index (κ2) is 5.35. The second-order valence-corrected chi connectivity index (χ2v) is 5.50. The van der Waals surface area contributed by atoms with Gasteiger partial charge in [0.2, 0.25) is 5.91 Å². The van der Waals surface area contributed by atoms with Gasteiger partial charge in [-0.25, -0.2) is 8.78 Å². The number of amides is 1. The summed E-state index contributed by atoms with van der Waals surface area (Å²) in [7, 11) is 0. The van der Waals surface area contributed by atoms with E-state index in [4.69, 9.17) is 4.74 Å². The fourth-order valence-corrected chi connectivity index (χ4v) is 2.76. The first-order chi connectivity index (χ1) is 10.1. The molecule has 0 bridgehead atoms. The molecule has 1 N–H and O–H groups in total. The van der Waals surface area contributed by atoms with Gasteiger partial charge in [-0.1, -0.05) is 6.07 Å². The van der Waals surface area contributed by atoms with Gasteiger partial charge in [-0.15, -0.1) is 0 Å². The van der Waals surface area contributed by atoms with Crippen LogP contribution in [0.15, 0.2) is 18.2 Å². The van der Waals surface area contributed by atoms with Crippen LogP contribution in [0.2, 0.25) is 0 Å². The number of carbonyl (C=O) groups is 1. The van der Waals surface area contributed by atoms with Crippen LogP contribution in [-0.4, -0.2) is 36.1 Å². The van der Waals surface area contributed by atoms with Crippen molar-refractivity contribution in [2.75, 3.05) is 19.8 Å². The summed E-state index contributed by atoms with van der Waals surface area (Å²) < 4.78 is 31.8. The summed E-state index contributed by atoms with van der Waals surface area (Å²) in [5.74, 6) is -1.76. The molecule has 2 aliphatic rings. The average molecular weight is 296 g/mol. The van der Waals surface area contributed by atoms with Crippen LogP contribution in [0, 0.1) is 11.6 Å². The van der Waals surface area contributed by atoms with Crippen molar-refractivity contribution in [1.82, 2.24) is 10.2 Å². The standard InChI is InChI=1S/C15H18F2N2O2/c1-2-21-8-7-19-13(18-15(5-6-15)14(19)20)10-3-4-11(16)12(17)9-10/h3-4,9,13,18H,2,5-8H2,1H3. The van der Waals surface area contributed by atoms with Gasteiger partial charge in [-0.05, 0) is 37.5 Å². The van der Waals surface area contributed by atoms with Gasteiger partial charge in [0.1, 0.15) is 11.7 Å². The van der Waals surface area contributed by atoms with Crippen LogP contribution in [0.5, 0.6) is 0 Å². The highest BCUT2D eigenvalue weighted by atomic mass is 19.2. The molecule has 0 radical (unpaired) electrons. The van der Waals surface area contributed by atoms with Crippen LogP contribution in [0.4, 0.5) is 8.78 Å². The van der Waals surface area contributed by atoms with Crippen LogP contribution >= 0.6 is 0 Å². The summed E-state index contributed by atoms with van der Waals surface area (Å²) in [6.07, 6.45) is 1.16. The summed E-state index contributed by atoms with van der Waals surface area (Å²) >= 11 is 0. The zero-order valence-electron chi connectivity index (χ0n) is 11.9. The second-order valence-electron chi connectivity index (χ2n) is 5.50. The molecule has 1 amide bonds. The Kier molecular flexibility index (Phi) is 3.67. The normalized spacial score (nSPS) is 23.1. The Hall–Kier alpha value is -1.53. The molecule has 4 nitrogen and oxygen atoms in total. The smallest absolute Gasteiger partial charge is 0.244 e. The number of ether oxygens (including phenoxy) is 1. The summed E-state index contributed by atoms with van der Waals surface area (Å²) in [6, 6.07) is 3.75. The molecular formula is C15H18F2N2O2. The third kappa shape index (κ3) is 2.53. The van der Waals surface area contributed by atoms with Gasteiger partial charge in [0.25, 0.3) is 0 Å². The lowest BCUT2D eigenvalue weighted by Crippen LogP contribution is -2.34. The van der Waals surface area contributed by atoms with Gasteiger partial charge in [0, 0.05) is 13.2 Å². The lowest BCUT2D eigenvalue weighted by Gasteiger charge is -2.24. The first-order valence-corrected chi connectivity index (χ1v) is 7.19. The maximum absolute atomic E-state index is 13.4. The predicted molar refractivity (Wildman–Crippen MR) is 72.4 cm³/mol. The molecule has 114 valence electrons. The number of carbonyl (C=O) groups excluding carboxylic acids is 1. The molecule has 21 heavy (non-hydrogen) atoms. The highest BCUT2D eigenvalue weighted by molar-refractivity contribution is 5.92. The Balaban J connectivity index is 1.83. The van der Waals surface area contributed by atoms with Crippen molar-refractivity contribution < 1.29 is 18.3 Å². The molecule has 1 aromatic carbocycles. The van der Waals surface area contributed by atoms with Gasteiger partial charge in [-0.3, -0.25) is 10.1 Å². The van der Waals surface area contributed by atoms with Crippen LogP contribution in [0.1, 0.15) is 31.5 Å². The molecule has 2 fully saturated rings. The third-order valence-corrected chi connectivity index (χ3v) is 4.08. The maximum Gasteiger partial charge on any atom is 0.244 e. The molecule has 1 spiro atoms. The first-order valence-electron chi connectivity index (χ1n) is 7.19. The van der Waals surface area contributed by atoms with Crippen LogP contribution in [0.25, 0.3) is 0 Å². The van der Waals surface area contributed by atoms with Gasteiger partial charge < -0.3 is 9.64 Å². The van der Waals surface area contributed by atoms with Crippen molar-refractivity contribution in [3.05, 3.63) is 35.4 Å². The monoisotopic (exact) mass is 296 g/mol. The summed E-state index contributed by atoms with van der Waals surface area (Å²) in [4.78, 5) is 14.1.